The summed E-state index contributed by atoms with van der Waals surface area (Å²) < 4.78 is 23.1. The highest BCUT2D eigenvalue weighted by Gasteiger charge is 2.05. The second-order valence-electron chi connectivity index (χ2n) is 5.64. The van der Waals surface area contributed by atoms with Crippen LogP contribution in [0.5, 0.6) is 0 Å². The number of thiol groups is 1. The van der Waals surface area contributed by atoms with Crippen molar-refractivity contribution in [2.45, 2.75) is 6.42 Å². The predicted molar refractivity (Wildman–Crippen MR) is 113 cm³/mol. The van der Waals surface area contributed by atoms with Crippen LogP contribution in [0.15, 0.2) is 53.5 Å². The summed E-state index contributed by atoms with van der Waals surface area (Å²) in [4.78, 5) is 18.3. The average molecular weight is 431 g/mol. The highest BCUT2D eigenvalue weighted by Crippen LogP contribution is 2.23. The van der Waals surface area contributed by atoms with Crippen LogP contribution in [-0.2, 0) is 17.3 Å². The van der Waals surface area contributed by atoms with Gasteiger partial charge in [0, 0.05) is 36.9 Å². The van der Waals surface area contributed by atoms with Gasteiger partial charge in [-0.15, -0.1) is 24.8 Å². The fourth-order valence-corrected chi connectivity index (χ4v) is 2.76. The molecule has 0 bridgehead atoms. The number of halogens is 2. The summed E-state index contributed by atoms with van der Waals surface area (Å²) in [5.41, 5.74) is 3.07. The van der Waals surface area contributed by atoms with Gasteiger partial charge in [-0.05, 0) is 36.2 Å². The monoisotopic (exact) mass is 430 g/mol. The largest absolute Gasteiger partial charge is 0.355 e. The molecule has 0 saturated heterocycles. The summed E-state index contributed by atoms with van der Waals surface area (Å²) in [6.07, 6.45) is 2.25. The van der Waals surface area contributed by atoms with E-state index in [0.29, 0.717) is 18.6 Å². The van der Waals surface area contributed by atoms with E-state index in [1.165, 1.54) is 10.4 Å². The van der Waals surface area contributed by atoms with Gasteiger partial charge in [-0.1, -0.05) is 12.1 Å². The Kier molecular flexibility index (Phi) is 8.71. The van der Waals surface area contributed by atoms with E-state index in [9.17, 15) is 13.2 Å². The Bertz CT molecular complexity index is 1030. The first kappa shape index (κ1) is 22.9. The number of aromatic nitrogens is 2. The fraction of sp³-hybridized carbons (Fsp3) is 0.176. The first-order valence-electron chi connectivity index (χ1n) is 7.72. The van der Waals surface area contributed by atoms with E-state index in [4.69, 9.17) is 0 Å². The molecule has 0 fully saturated rings. The van der Waals surface area contributed by atoms with Gasteiger partial charge in [0.05, 0.1) is 5.69 Å². The van der Waals surface area contributed by atoms with Gasteiger partial charge in [-0.3, -0.25) is 4.79 Å². The molecule has 0 spiro atoms. The number of nitrogens with one attached hydrogen (secondary N) is 2. The third-order valence-corrected chi connectivity index (χ3v) is 4.60. The summed E-state index contributed by atoms with van der Waals surface area (Å²) in [5.74, 6) is 0. The van der Waals surface area contributed by atoms with Crippen LogP contribution >= 0.6 is 24.8 Å². The van der Waals surface area contributed by atoms with Gasteiger partial charge in [0.2, 0.25) is 16.4 Å². The van der Waals surface area contributed by atoms with Gasteiger partial charge in [0.25, 0.3) is 0 Å². The van der Waals surface area contributed by atoms with Gasteiger partial charge < -0.3 is 10.3 Å². The average Bonchev–Trinajstić information content (AvgIpc) is 2.60. The van der Waals surface area contributed by atoms with Crippen molar-refractivity contribution in [2.24, 2.45) is 0 Å². The van der Waals surface area contributed by atoms with Crippen LogP contribution < -0.4 is 10.9 Å². The molecule has 0 amide bonds. The fourth-order valence-electron chi connectivity index (χ4n) is 2.50. The molecule has 7 nitrogen and oxygen atoms in total. The second-order valence-corrected chi connectivity index (χ2v) is 6.80. The Morgan fingerprint density at radius 2 is 1.93 bits per heavy atom. The number of fused-ring (bicyclic) bond motifs is 1. The second kappa shape index (κ2) is 10.3. The molecule has 27 heavy (non-hydrogen) atoms. The van der Waals surface area contributed by atoms with Gasteiger partial charge >= 0.3 is 0 Å². The number of nitrogens with zero attached hydrogens (tertiary/aromatic N) is 2. The van der Waals surface area contributed by atoms with E-state index in [0.717, 1.165) is 22.3 Å². The topological polar surface area (TPSA) is 95.2 Å². The zero-order valence-electron chi connectivity index (χ0n) is 14.4. The van der Waals surface area contributed by atoms with E-state index >= 15 is 0 Å². The maximum atomic E-state index is 11.4. The minimum absolute atomic E-state index is 0. The highest BCUT2D eigenvalue weighted by molar-refractivity contribution is 7.69. The first-order chi connectivity index (χ1) is 12.0. The first-order valence-corrected chi connectivity index (χ1v) is 8.85. The Labute approximate surface area is 170 Å². The Hall–Kier alpha value is -2.13. The molecule has 0 aliphatic carbocycles. The Balaban J connectivity index is 0.00000182. The van der Waals surface area contributed by atoms with E-state index in [1.807, 2.05) is 30.3 Å². The van der Waals surface area contributed by atoms with Crippen molar-refractivity contribution in [1.82, 2.24) is 14.3 Å². The third-order valence-electron chi connectivity index (χ3n) is 3.84. The quantitative estimate of drug-likeness (QED) is 0.522. The van der Waals surface area contributed by atoms with Gasteiger partial charge in [-0.2, -0.15) is 0 Å². The molecule has 146 valence electrons. The molecular formula is C17H20Cl2N4O3S. The van der Waals surface area contributed by atoms with E-state index < -0.39 is 10.9 Å². The molecule has 3 rings (SSSR count). The molecule has 0 aliphatic rings. The van der Waals surface area contributed by atoms with Crippen molar-refractivity contribution < 1.29 is 8.42 Å². The summed E-state index contributed by atoms with van der Waals surface area (Å²) in [6, 6.07) is 12.8. The van der Waals surface area contributed by atoms with Crippen LogP contribution in [0.1, 0.15) is 5.56 Å². The minimum atomic E-state index is -2.55. The lowest BCUT2D eigenvalue weighted by atomic mass is 10.1. The predicted octanol–water partition coefficient (Wildman–Crippen LogP) is 2.51. The lowest BCUT2D eigenvalue weighted by molar-refractivity contribution is 0.492. The lowest BCUT2D eigenvalue weighted by Crippen LogP contribution is -2.19. The minimum Gasteiger partial charge on any atom is -0.355 e. The van der Waals surface area contributed by atoms with E-state index in [1.54, 1.807) is 19.3 Å². The van der Waals surface area contributed by atoms with E-state index in [2.05, 4.69) is 15.3 Å². The summed E-state index contributed by atoms with van der Waals surface area (Å²) in [5, 5.41) is 4.14. The SMILES string of the molecule is CN(CCc1cccc(Nc2ccnc3[nH]c(=O)ccc23)c1)[SH](=O)=O.Cl.Cl. The number of pyridine rings is 2. The Morgan fingerprint density at radius 1 is 1.15 bits per heavy atom. The molecule has 0 radical (unpaired) electrons. The normalized spacial score (nSPS) is 10.5. The molecule has 0 aliphatic heterocycles. The van der Waals surface area contributed by atoms with Crippen molar-refractivity contribution in [1.29, 1.82) is 0 Å². The number of hydrogen-bond donors (Lipinski definition) is 3. The molecule has 2 heterocycles. The van der Waals surface area contributed by atoms with Crippen LogP contribution in [0.3, 0.4) is 0 Å². The molecule has 10 heteroatoms. The van der Waals surface area contributed by atoms with Crippen molar-refractivity contribution in [3.63, 3.8) is 0 Å². The lowest BCUT2D eigenvalue weighted by Gasteiger charge is -2.12. The highest BCUT2D eigenvalue weighted by atomic mass is 35.5. The summed E-state index contributed by atoms with van der Waals surface area (Å²) >= 11 is 0. The van der Waals surface area contributed by atoms with Crippen LogP contribution in [0, 0.1) is 0 Å². The van der Waals surface area contributed by atoms with Gasteiger partial charge in [0.1, 0.15) is 5.65 Å². The van der Waals surface area contributed by atoms with Gasteiger partial charge in [0.15, 0.2) is 0 Å². The maximum Gasteiger partial charge on any atom is 0.249 e. The van der Waals surface area contributed by atoms with Crippen LogP contribution in [0.2, 0.25) is 0 Å². The molecule has 3 aromatic rings. The number of hydrogen-bond acceptors (Lipinski definition) is 5. The standard InChI is InChI=1S/C17H18N4O3S.2ClH/c1-21(25(23)24)10-8-12-3-2-4-13(11-12)19-15-7-9-18-17-14(15)5-6-16(22)20-17;;/h2-7,9,11,25H,8,10H2,1H3,(H2,18,19,20,22);2*1H. The van der Waals surface area contributed by atoms with Crippen molar-refractivity contribution in [3.05, 3.63) is 64.6 Å². The third kappa shape index (κ3) is 5.93. The molecule has 0 unspecified atom stereocenters. The molecule has 2 aromatic heterocycles. The molecule has 2 N–H and O–H groups in total. The van der Waals surface area contributed by atoms with Crippen molar-refractivity contribution in [3.8, 4) is 0 Å². The smallest absolute Gasteiger partial charge is 0.249 e. The Morgan fingerprint density at radius 3 is 2.67 bits per heavy atom. The zero-order chi connectivity index (χ0) is 17.8. The summed E-state index contributed by atoms with van der Waals surface area (Å²) in [7, 11) is -0.993. The van der Waals surface area contributed by atoms with Crippen LogP contribution in [0.4, 0.5) is 11.4 Å². The number of H-pyrrole nitrogens is 1. The molecule has 0 saturated carbocycles. The van der Waals surface area contributed by atoms with Crippen LogP contribution in [0.25, 0.3) is 11.0 Å². The molecule has 1 aromatic carbocycles. The van der Waals surface area contributed by atoms with Crippen LogP contribution in [-0.4, -0.2) is 36.3 Å². The number of likely N-dealkylation sites (N-methyl/N-ethyl adjacent to an activating group) is 1. The van der Waals surface area contributed by atoms with E-state index in [-0.39, 0.29) is 30.4 Å². The zero-order valence-corrected chi connectivity index (χ0v) is 16.9. The van der Waals surface area contributed by atoms with Crippen molar-refractivity contribution >= 4 is 58.1 Å². The van der Waals surface area contributed by atoms with Gasteiger partial charge in [-0.25, -0.2) is 17.7 Å². The number of aromatic amines is 1. The molecular weight excluding hydrogens is 411 g/mol. The van der Waals surface area contributed by atoms with Crippen molar-refractivity contribution in [2.75, 3.05) is 18.9 Å². The maximum absolute atomic E-state index is 11.4. The number of benzene rings is 1. The molecule has 0 atom stereocenters. The summed E-state index contributed by atoms with van der Waals surface area (Å²) in [6.45, 7) is 0.432. The number of rotatable bonds is 6. The number of anilines is 2.